The van der Waals surface area contributed by atoms with Gasteiger partial charge in [0.15, 0.2) is 5.13 Å². The average Bonchev–Trinajstić information content (AvgIpc) is 2.85. The molecule has 100 valence electrons. The number of nitrogens with zero attached hydrogens (tertiary/aromatic N) is 2. The number of thiazole rings is 1. The van der Waals surface area contributed by atoms with Crippen molar-refractivity contribution in [1.82, 2.24) is 9.97 Å². The Bertz CT molecular complexity index is 585. The molecular formula is C12H14N4O2S. The Kier molecular flexibility index (Phi) is 4.08. The summed E-state index contributed by atoms with van der Waals surface area (Å²) in [6.45, 7) is 2.60. The van der Waals surface area contributed by atoms with E-state index >= 15 is 0 Å². The molecule has 1 unspecified atom stereocenters. The molecule has 0 aliphatic carbocycles. The molecule has 0 bridgehead atoms. The van der Waals surface area contributed by atoms with E-state index in [1.54, 1.807) is 17.8 Å². The number of carboxylic acids is 1. The van der Waals surface area contributed by atoms with Gasteiger partial charge in [-0.1, -0.05) is 0 Å². The summed E-state index contributed by atoms with van der Waals surface area (Å²) in [4.78, 5) is 18.9. The lowest BCUT2D eigenvalue weighted by Gasteiger charge is -2.05. The number of aryl methyl sites for hydroxylation is 1. The second kappa shape index (κ2) is 5.77. The van der Waals surface area contributed by atoms with Crippen LogP contribution in [0, 0.1) is 6.92 Å². The van der Waals surface area contributed by atoms with Crippen LogP contribution in [0.1, 0.15) is 22.9 Å². The number of nitrogens with two attached hydrogens (primary N) is 1. The minimum absolute atomic E-state index is 0.367. The number of rotatable bonds is 5. The van der Waals surface area contributed by atoms with Crippen LogP contribution in [0.15, 0.2) is 23.8 Å². The van der Waals surface area contributed by atoms with Crippen molar-refractivity contribution in [2.24, 2.45) is 5.73 Å². The molecule has 6 nitrogen and oxygen atoms in total. The second-order valence-electron chi connectivity index (χ2n) is 4.05. The fourth-order valence-corrected chi connectivity index (χ4v) is 2.25. The maximum absolute atomic E-state index is 10.7. The van der Waals surface area contributed by atoms with Crippen LogP contribution in [0.5, 0.6) is 0 Å². The molecule has 0 amide bonds. The van der Waals surface area contributed by atoms with Gasteiger partial charge in [0.1, 0.15) is 6.04 Å². The van der Waals surface area contributed by atoms with Crippen molar-refractivity contribution in [1.29, 1.82) is 0 Å². The molecule has 1 atom stereocenters. The minimum atomic E-state index is -1.08. The maximum atomic E-state index is 10.7. The number of hydrogen-bond acceptors (Lipinski definition) is 6. The highest BCUT2D eigenvalue weighted by Crippen LogP contribution is 2.20. The number of anilines is 1. The molecular weight excluding hydrogens is 264 g/mol. The molecule has 0 aliphatic heterocycles. The van der Waals surface area contributed by atoms with E-state index in [9.17, 15) is 4.79 Å². The number of aromatic nitrogens is 2. The van der Waals surface area contributed by atoms with Gasteiger partial charge in [-0.05, 0) is 24.1 Å². The van der Waals surface area contributed by atoms with Crippen molar-refractivity contribution in [3.63, 3.8) is 0 Å². The smallest absolute Gasteiger partial charge is 0.326 e. The van der Waals surface area contributed by atoms with Crippen LogP contribution in [0.4, 0.5) is 5.13 Å². The lowest BCUT2D eigenvalue weighted by Crippen LogP contribution is -2.20. The maximum Gasteiger partial charge on any atom is 0.326 e. The van der Waals surface area contributed by atoms with Gasteiger partial charge in [0, 0.05) is 24.3 Å². The van der Waals surface area contributed by atoms with Gasteiger partial charge in [-0.15, -0.1) is 11.3 Å². The lowest BCUT2D eigenvalue weighted by molar-refractivity contribution is -0.138. The summed E-state index contributed by atoms with van der Waals surface area (Å²) < 4.78 is 0. The van der Waals surface area contributed by atoms with Gasteiger partial charge in [0.05, 0.1) is 5.69 Å². The van der Waals surface area contributed by atoms with Gasteiger partial charge in [-0.25, -0.2) is 4.98 Å². The van der Waals surface area contributed by atoms with Gasteiger partial charge in [0.25, 0.3) is 0 Å². The predicted octanol–water partition coefficient (Wildman–Crippen LogP) is 1.54. The van der Waals surface area contributed by atoms with Crippen LogP contribution in [0.2, 0.25) is 0 Å². The van der Waals surface area contributed by atoms with Gasteiger partial charge < -0.3 is 16.2 Å². The summed E-state index contributed by atoms with van der Waals surface area (Å²) >= 11 is 1.34. The third-order valence-electron chi connectivity index (χ3n) is 2.67. The van der Waals surface area contributed by atoms with E-state index in [4.69, 9.17) is 10.8 Å². The molecule has 0 radical (unpaired) electrons. The van der Waals surface area contributed by atoms with Crippen LogP contribution in [0.3, 0.4) is 0 Å². The quantitative estimate of drug-likeness (QED) is 0.767. The molecule has 2 aromatic heterocycles. The first-order valence-electron chi connectivity index (χ1n) is 5.65. The molecule has 19 heavy (non-hydrogen) atoms. The summed E-state index contributed by atoms with van der Waals surface area (Å²) in [5.41, 5.74) is 8.07. The van der Waals surface area contributed by atoms with Crippen molar-refractivity contribution in [3.8, 4) is 0 Å². The molecule has 0 saturated heterocycles. The average molecular weight is 278 g/mol. The number of pyridine rings is 1. The summed E-state index contributed by atoms with van der Waals surface area (Å²) in [6, 6.07) is 0.856. The van der Waals surface area contributed by atoms with Gasteiger partial charge >= 0.3 is 5.97 Å². The van der Waals surface area contributed by atoms with E-state index in [0.717, 1.165) is 11.1 Å². The van der Waals surface area contributed by atoms with Crippen LogP contribution in [-0.2, 0) is 11.3 Å². The third kappa shape index (κ3) is 3.27. The first-order valence-corrected chi connectivity index (χ1v) is 6.53. The highest BCUT2D eigenvalue weighted by Gasteiger charge is 2.17. The van der Waals surface area contributed by atoms with E-state index in [1.165, 1.54) is 11.3 Å². The molecule has 7 heteroatoms. The van der Waals surface area contributed by atoms with E-state index < -0.39 is 12.0 Å². The molecule has 2 aromatic rings. The summed E-state index contributed by atoms with van der Waals surface area (Å²) in [6.07, 6.45) is 3.53. The Morgan fingerprint density at radius 1 is 1.63 bits per heavy atom. The van der Waals surface area contributed by atoms with Crippen molar-refractivity contribution >= 4 is 22.4 Å². The third-order valence-corrected chi connectivity index (χ3v) is 3.49. The molecule has 0 aliphatic rings. The van der Waals surface area contributed by atoms with Crippen LogP contribution in [-0.4, -0.2) is 21.0 Å². The van der Waals surface area contributed by atoms with E-state index in [-0.39, 0.29) is 0 Å². The normalized spacial score (nSPS) is 12.1. The molecule has 0 fully saturated rings. The largest absolute Gasteiger partial charge is 0.480 e. The highest BCUT2D eigenvalue weighted by atomic mass is 32.1. The zero-order valence-corrected chi connectivity index (χ0v) is 11.1. The Morgan fingerprint density at radius 3 is 3.11 bits per heavy atom. The Morgan fingerprint density at radius 2 is 2.42 bits per heavy atom. The summed E-state index contributed by atoms with van der Waals surface area (Å²) in [5, 5.41) is 14.3. The van der Waals surface area contributed by atoms with Crippen LogP contribution in [0.25, 0.3) is 0 Å². The van der Waals surface area contributed by atoms with E-state index in [0.29, 0.717) is 17.4 Å². The summed E-state index contributed by atoms with van der Waals surface area (Å²) in [5.74, 6) is -1.08. The fraction of sp³-hybridized carbons (Fsp3) is 0.250. The second-order valence-corrected chi connectivity index (χ2v) is 4.91. The zero-order valence-electron chi connectivity index (χ0n) is 10.3. The lowest BCUT2D eigenvalue weighted by atomic mass is 10.2. The fourth-order valence-electron chi connectivity index (χ4n) is 1.51. The number of carboxylic acid groups (broad SMARTS) is 1. The molecule has 0 aromatic carbocycles. The highest BCUT2D eigenvalue weighted by molar-refractivity contribution is 7.13. The van der Waals surface area contributed by atoms with E-state index in [1.807, 2.05) is 13.0 Å². The zero-order chi connectivity index (χ0) is 13.8. The molecule has 0 spiro atoms. The van der Waals surface area contributed by atoms with Gasteiger partial charge in [0.2, 0.25) is 0 Å². The minimum Gasteiger partial charge on any atom is -0.480 e. The van der Waals surface area contributed by atoms with Crippen molar-refractivity contribution in [3.05, 3.63) is 40.7 Å². The number of aliphatic carboxylic acids is 1. The first-order chi connectivity index (χ1) is 9.08. The van der Waals surface area contributed by atoms with E-state index in [2.05, 4.69) is 15.3 Å². The molecule has 2 rings (SSSR count). The van der Waals surface area contributed by atoms with Crippen molar-refractivity contribution in [2.75, 3.05) is 5.32 Å². The number of carbonyl (C=O) groups is 1. The van der Waals surface area contributed by atoms with Gasteiger partial charge in [-0.2, -0.15) is 0 Å². The molecule has 4 N–H and O–H groups in total. The van der Waals surface area contributed by atoms with Crippen molar-refractivity contribution in [2.45, 2.75) is 19.5 Å². The molecule has 0 saturated carbocycles. The van der Waals surface area contributed by atoms with Gasteiger partial charge in [-0.3, -0.25) is 9.78 Å². The summed E-state index contributed by atoms with van der Waals surface area (Å²) in [7, 11) is 0. The van der Waals surface area contributed by atoms with Crippen LogP contribution < -0.4 is 11.1 Å². The monoisotopic (exact) mass is 278 g/mol. The number of nitrogens with one attached hydrogen (secondary N) is 1. The SMILES string of the molecule is Cc1cnccc1CNc1nc(C(N)C(=O)O)cs1. The molecule has 2 heterocycles. The van der Waals surface area contributed by atoms with Crippen molar-refractivity contribution < 1.29 is 9.90 Å². The van der Waals surface area contributed by atoms with Crippen LogP contribution >= 0.6 is 11.3 Å². The Labute approximate surface area is 114 Å². The number of hydrogen-bond donors (Lipinski definition) is 3. The first kappa shape index (κ1) is 13.4. The predicted molar refractivity (Wildman–Crippen MR) is 73.0 cm³/mol. The Balaban J connectivity index is 2.01. The standard InChI is InChI=1S/C12H14N4O2S/c1-7-4-14-3-2-8(7)5-15-12-16-9(6-19-12)10(13)11(17)18/h2-4,6,10H,5,13H2,1H3,(H,15,16)(H,17,18). The topological polar surface area (TPSA) is 101 Å². The Hall–Kier alpha value is -1.99.